The molecule has 0 aliphatic carbocycles. The number of anilines is 1. The molecule has 0 saturated carbocycles. The molecule has 0 bridgehead atoms. The van der Waals surface area contributed by atoms with Crippen molar-refractivity contribution in [1.29, 1.82) is 0 Å². The molecule has 1 N–H and O–H groups in total. The first-order valence-corrected chi connectivity index (χ1v) is 10.8. The van der Waals surface area contributed by atoms with Gasteiger partial charge in [-0.2, -0.15) is 0 Å². The van der Waals surface area contributed by atoms with Crippen LogP contribution in [0, 0.1) is 12.8 Å². The fraction of sp³-hybridized carbons (Fsp3) is 0.350. The minimum atomic E-state index is -3.74. The summed E-state index contributed by atoms with van der Waals surface area (Å²) in [5, 5.41) is 0.316. The van der Waals surface area contributed by atoms with Gasteiger partial charge in [-0.15, -0.1) is 0 Å². The summed E-state index contributed by atoms with van der Waals surface area (Å²) in [6, 6.07) is 11.2. The number of sulfonamides is 1. The highest BCUT2D eigenvalue weighted by Gasteiger charge is 2.24. The molecule has 27 heavy (non-hydrogen) atoms. The van der Waals surface area contributed by atoms with Crippen LogP contribution in [-0.2, 0) is 10.0 Å². The van der Waals surface area contributed by atoms with E-state index in [1.165, 1.54) is 6.07 Å². The summed E-state index contributed by atoms with van der Waals surface area (Å²) < 4.78 is 27.7. The second kappa shape index (κ2) is 7.90. The quantitative estimate of drug-likeness (QED) is 0.822. The molecule has 0 spiro atoms. The topological polar surface area (TPSA) is 66.5 Å². The van der Waals surface area contributed by atoms with Crippen molar-refractivity contribution < 1.29 is 13.2 Å². The van der Waals surface area contributed by atoms with Gasteiger partial charge < -0.3 is 4.90 Å². The van der Waals surface area contributed by atoms with Gasteiger partial charge in [0.05, 0.1) is 15.5 Å². The number of benzene rings is 2. The van der Waals surface area contributed by atoms with Crippen molar-refractivity contribution in [2.75, 3.05) is 17.8 Å². The van der Waals surface area contributed by atoms with Gasteiger partial charge in [0.2, 0.25) is 0 Å². The predicted molar refractivity (Wildman–Crippen MR) is 108 cm³/mol. The Labute approximate surface area is 165 Å². The van der Waals surface area contributed by atoms with Crippen molar-refractivity contribution in [3.8, 4) is 0 Å². The molecule has 1 saturated heterocycles. The Kier molecular flexibility index (Phi) is 5.77. The lowest BCUT2D eigenvalue weighted by Gasteiger charge is -2.31. The standard InChI is InChI=1S/C20H23ClN2O3S/c1-14-5-8-17(9-6-14)27(25,26)22-16-7-10-19(21)18(12-16)20(24)23-11-3-4-15(2)13-23/h5-10,12,15,22H,3-4,11,13H2,1-2H3/t15-/m1/s1. The first-order chi connectivity index (χ1) is 12.8. The minimum absolute atomic E-state index is 0.164. The van der Waals surface area contributed by atoms with E-state index in [0.717, 1.165) is 18.4 Å². The zero-order valence-electron chi connectivity index (χ0n) is 15.4. The third-order valence-corrected chi connectivity index (χ3v) is 6.45. The Morgan fingerprint density at radius 3 is 2.56 bits per heavy atom. The van der Waals surface area contributed by atoms with E-state index in [-0.39, 0.29) is 10.8 Å². The van der Waals surface area contributed by atoms with Crippen LogP contribution in [0.3, 0.4) is 0 Å². The number of rotatable bonds is 4. The van der Waals surface area contributed by atoms with Crippen LogP contribution in [0.15, 0.2) is 47.4 Å². The molecule has 1 atom stereocenters. The van der Waals surface area contributed by atoms with E-state index in [0.29, 0.717) is 35.3 Å². The van der Waals surface area contributed by atoms with Crippen LogP contribution in [0.5, 0.6) is 0 Å². The molecule has 0 unspecified atom stereocenters. The maximum Gasteiger partial charge on any atom is 0.261 e. The van der Waals surface area contributed by atoms with Gasteiger partial charge in [-0.3, -0.25) is 9.52 Å². The molecule has 1 aliphatic heterocycles. The smallest absolute Gasteiger partial charge is 0.261 e. The SMILES string of the molecule is Cc1ccc(S(=O)(=O)Nc2ccc(Cl)c(C(=O)N3CCC[C@@H](C)C3)c2)cc1. The molecule has 1 amide bonds. The molecule has 1 aliphatic rings. The van der Waals surface area contributed by atoms with E-state index in [1.54, 1.807) is 41.3 Å². The average Bonchev–Trinajstić information content (AvgIpc) is 2.63. The van der Waals surface area contributed by atoms with E-state index in [2.05, 4.69) is 11.6 Å². The summed E-state index contributed by atoms with van der Waals surface area (Å²) in [5.74, 6) is 0.285. The van der Waals surface area contributed by atoms with Crippen LogP contribution in [0.25, 0.3) is 0 Å². The van der Waals surface area contributed by atoms with Gasteiger partial charge in [-0.1, -0.05) is 36.2 Å². The van der Waals surface area contributed by atoms with Gasteiger partial charge in [0.1, 0.15) is 0 Å². The summed E-state index contributed by atoms with van der Waals surface area (Å²) in [4.78, 5) is 14.8. The van der Waals surface area contributed by atoms with Gasteiger partial charge in [0, 0.05) is 18.8 Å². The third kappa shape index (κ3) is 4.62. The molecule has 0 radical (unpaired) electrons. The van der Waals surface area contributed by atoms with Crippen LogP contribution in [0.1, 0.15) is 35.7 Å². The largest absolute Gasteiger partial charge is 0.338 e. The molecule has 2 aromatic rings. The van der Waals surface area contributed by atoms with E-state index in [9.17, 15) is 13.2 Å². The number of aryl methyl sites for hydroxylation is 1. The third-order valence-electron chi connectivity index (χ3n) is 4.72. The lowest BCUT2D eigenvalue weighted by Crippen LogP contribution is -2.39. The highest BCUT2D eigenvalue weighted by Crippen LogP contribution is 2.26. The highest BCUT2D eigenvalue weighted by molar-refractivity contribution is 7.92. The van der Waals surface area contributed by atoms with Crippen molar-refractivity contribution in [2.45, 2.75) is 31.6 Å². The van der Waals surface area contributed by atoms with Crippen molar-refractivity contribution in [3.63, 3.8) is 0 Å². The van der Waals surface area contributed by atoms with Crippen LogP contribution in [0.4, 0.5) is 5.69 Å². The number of carbonyl (C=O) groups excluding carboxylic acids is 1. The Morgan fingerprint density at radius 2 is 1.89 bits per heavy atom. The summed E-state index contributed by atoms with van der Waals surface area (Å²) in [6.45, 7) is 5.39. The molecule has 1 heterocycles. The molecular formula is C20H23ClN2O3S. The van der Waals surface area contributed by atoms with E-state index in [1.807, 2.05) is 6.92 Å². The van der Waals surface area contributed by atoms with Crippen molar-refractivity contribution in [1.82, 2.24) is 4.90 Å². The Bertz CT molecular complexity index is 942. The fourth-order valence-electron chi connectivity index (χ4n) is 3.23. The molecule has 7 heteroatoms. The lowest BCUT2D eigenvalue weighted by molar-refractivity contribution is 0.0683. The van der Waals surface area contributed by atoms with E-state index >= 15 is 0 Å². The number of nitrogens with one attached hydrogen (secondary N) is 1. The number of amides is 1. The van der Waals surface area contributed by atoms with Gasteiger partial charge in [0.25, 0.3) is 15.9 Å². The summed E-state index contributed by atoms with van der Waals surface area (Å²) in [5.41, 5.74) is 1.60. The molecular weight excluding hydrogens is 384 g/mol. The number of nitrogens with zero attached hydrogens (tertiary/aromatic N) is 1. The van der Waals surface area contributed by atoms with Crippen molar-refractivity contribution in [3.05, 3.63) is 58.6 Å². The van der Waals surface area contributed by atoms with E-state index < -0.39 is 10.0 Å². The maximum atomic E-state index is 12.9. The maximum absolute atomic E-state index is 12.9. The summed E-state index contributed by atoms with van der Waals surface area (Å²) in [6.07, 6.45) is 2.07. The van der Waals surface area contributed by atoms with Crippen LogP contribution >= 0.6 is 11.6 Å². The predicted octanol–water partition coefficient (Wildman–Crippen LogP) is 4.32. The second-order valence-electron chi connectivity index (χ2n) is 7.11. The Morgan fingerprint density at radius 1 is 1.19 bits per heavy atom. The van der Waals surface area contributed by atoms with Gasteiger partial charge >= 0.3 is 0 Å². The molecule has 3 rings (SSSR count). The monoisotopic (exact) mass is 406 g/mol. The first-order valence-electron chi connectivity index (χ1n) is 8.94. The number of halogens is 1. The molecule has 5 nitrogen and oxygen atoms in total. The Balaban J connectivity index is 1.84. The minimum Gasteiger partial charge on any atom is -0.338 e. The van der Waals surface area contributed by atoms with Gasteiger partial charge in [-0.25, -0.2) is 8.42 Å². The average molecular weight is 407 g/mol. The molecule has 0 aromatic heterocycles. The van der Waals surface area contributed by atoms with Gasteiger partial charge in [-0.05, 0) is 56.0 Å². The number of hydrogen-bond donors (Lipinski definition) is 1. The lowest BCUT2D eigenvalue weighted by atomic mass is 9.99. The van der Waals surface area contributed by atoms with Crippen LogP contribution in [-0.4, -0.2) is 32.3 Å². The normalized spacial score (nSPS) is 17.6. The first kappa shape index (κ1) is 19.7. The van der Waals surface area contributed by atoms with Crippen molar-refractivity contribution >= 4 is 33.2 Å². The Hall–Kier alpha value is -2.05. The number of piperidine rings is 1. The molecule has 2 aromatic carbocycles. The molecule has 144 valence electrons. The van der Waals surface area contributed by atoms with E-state index in [4.69, 9.17) is 11.6 Å². The zero-order chi connectivity index (χ0) is 19.6. The van der Waals surface area contributed by atoms with Crippen LogP contribution < -0.4 is 4.72 Å². The summed E-state index contributed by atoms with van der Waals surface area (Å²) >= 11 is 6.23. The second-order valence-corrected chi connectivity index (χ2v) is 9.20. The number of hydrogen-bond acceptors (Lipinski definition) is 3. The molecule has 1 fully saturated rings. The summed E-state index contributed by atoms with van der Waals surface area (Å²) in [7, 11) is -3.74. The zero-order valence-corrected chi connectivity index (χ0v) is 17.0. The highest BCUT2D eigenvalue weighted by atomic mass is 35.5. The number of likely N-dealkylation sites (tertiary alicyclic amines) is 1. The van der Waals surface area contributed by atoms with Crippen molar-refractivity contribution in [2.24, 2.45) is 5.92 Å². The number of carbonyl (C=O) groups is 1. The fourth-order valence-corrected chi connectivity index (χ4v) is 4.48. The van der Waals surface area contributed by atoms with Crippen LogP contribution in [0.2, 0.25) is 5.02 Å². The van der Waals surface area contributed by atoms with Gasteiger partial charge in [0.15, 0.2) is 0 Å².